The monoisotopic (exact) mass is 472 g/mol. The van der Waals surface area contributed by atoms with Gasteiger partial charge in [0.15, 0.2) is 11.5 Å². The molecule has 1 unspecified atom stereocenters. The maximum Gasteiger partial charge on any atom is 0.217 e. The molecule has 1 aromatic heterocycles. The number of nitrogens with zero attached hydrogens (tertiary/aromatic N) is 1. The Hall–Kier alpha value is -2.96. The zero-order valence-electron chi connectivity index (χ0n) is 19.9. The van der Waals surface area contributed by atoms with Gasteiger partial charge in [-0.25, -0.2) is 0 Å². The second kappa shape index (κ2) is 12.9. The Balaban J connectivity index is 0.000000420. The summed E-state index contributed by atoms with van der Waals surface area (Å²) >= 11 is 6.30. The van der Waals surface area contributed by atoms with E-state index in [0.717, 1.165) is 22.5 Å². The average Bonchev–Trinajstić information content (AvgIpc) is 3.22. The summed E-state index contributed by atoms with van der Waals surface area (Å²) in [6.07, 6.45) is 3.43. The fourth-order valence-electron chi connectivity index (χ4n) is 3.36. The Morgan fingerprint density at radius 3 is 2.39 bits per heavy atom. The van der Waals surface area contributed by atoms with Crippen LogP contribution in [0.4, 0.5) is 0 Å². The van der Waals surface area contributed by atoms with E-state index in [1.54, 1.807) is 21.1 Å². The van der Waals surface area contributed by atoms with Gasteiger partial charge in [0.1, 0.15) is 6.10 Å². The highest BCUT2D eigenvalue weighted by molar-refractivity contribution is 6.30. The Kier molecular flexibility index (Phi) is 10.3. The number of fused-ring (bicyclic) bond motifs is 3. The number of hydrogen-bond acceptors (Lipinski definition) is 4. The Morgan fingerprint density at radius 2 is 1.79 bits per heavy atom. The van der Waals surface area contributed by atoms with Crippen LogP contribution in [-0.4, -0.2) is 24.7 Å². The van der Waals surface area contributed by atoms with Crippen LogP contribution in [0.3, 0.4) is 0 Å². The van der Waals surface area contributed by atoms with Crippen LogP contribution in [0.1, 0.15) is 56.5 Å². The number of benzene rings is 2. The van der Waals surface area contributed by atoms with E-state index in [1.165, 1.54) is 6.42 Å². The van der Waals surface area contributed by atoms with Crippen molar-refractivity contribution in [2.75, 3.05) is 14.2 Å². The molecule has 2 aromatic carbocycles. The first kappa shape index (κ1) is 26.3. The van der Waals surface area contributed by atoms with Crippen LogP contribution in [0.5, 0.6) is 11.5 Å². The molecule has 3 aromatic rings. The van der Waals surface area contributed by atoms with Gasteiger partial charge in [0, 0.05) is 34.5 Å². The molecule has 0 bridgehead atoms. The van der Waals surface area contributed by atoms with Crippen molar-refractivity contribution in [2.24, 2.45) is 5.73 Å². The van der Waals surface area contributed by atoms with Crippen LogP contribution in [0.25, 0.3) is 5.69 Å². The first-order valence-corrected chi connectivity index (χ1v) is 11.4. The van der Waals surface area contributed by atoms with Crippen molar-refractivity contribution < 1.29 is 19.0 Å². The Bertz CT molecular complexity index is 1050. The minimum atomic E-state index is -0.307. The lowest BCUT2D eigenvalue weighted by Gasteiger charge is -2.22. The lowest BCUT2D eigenvalue weighted by Crippen LogP contribution is -2.08. The second-order valence-corrected chi connectivity index (χ2v) is 7.81. The van der Waals surface area contributed by atoms with Crippen molar-refractivity contribution in [3.8, 4) is 17.2 Å². The van der Waals surface area contributed by atoms with E-state index in [-0.39, 0.29) is 12.0 Å². The SMILES string of the molecule is CCC.CCC(N)=O.COc1cccc(C2OCc3cccn3-c3ccc(Cl)cc32)c1OC. The second-order valence-electron chi connectivity index (χ2n) is 7.37. The van der Waals surface area contributed by atoms with Gasteiger partial charge in [-0.15, -0.1) is 0 Å². The number of carbonyl (C=O) groups excluding carboxylic acids is 1. The van der Waals surface area contributed by atoms with Gasteiger partial charge in [-0.1, -0.05) is 50.9 Å². The van der Waals surface area contributed by atoms with Crippen LogP contribution in [0.15, 0.2) is 54.7 Å². The van der Waals surface area contributed by atoms with Crippen molar-refractivity contribution in [1.29, 1.82) is 0 Å². The average molecular weight is 473 g/mol. The van der Waals surface area contributed by atoms with E-state index in [9.17, 15) is 4.79 Å². The molecule has 1 aliphatic heterocycles. The molecule has 0 spiro atoms. The summed E-state index contributed by atoms with van der Waals surface area (Å²) in [4.78, 5) is 9.59. The fraction of sp³-hybridized carbons (Fsp3) is 0.346. The van der Waals surface area contributed by atoms with E-state index in [4.69, 9.17) is 25.8 Å². The molecular formula is C26H33ClN2O4. The highest BCUT2D eigenvalue weighted by Gasteiger charge is 2.28. The summed E-state index contributed by atoms with van der Waals surface area (Å²) < 4.78 is 19.5. The predicted molar refractivity (Wildman–Crippen MR) is 132 cm³/mol. The van der Waals surface area contributed by atoms with Crippen molar-refractivity contribution in [1.82, 2.24) is 4.57 Å². The van der Waals surface area contributed by atoms with Gasteiger partial charge in [-0.2, -0.15) is 0 Å². The molecule has 7 heteroatoms. The number of hydrogen-bond donors (Lipinski definition) is 1. The quantitative estimate of drug-likeness (QED) is 0.500. The highest BCUT2D eigenvalue weighted by Crippen LogP contribution is 2.43. The first-order chi connectivity index (χ1) is 15.9. The molecule has 2 heterocycles. The van der Waals surface area contributed by atoms with E-state index >= 15 is 0 Å². The molecule has 0 saturated heterocycles. The van der Waals surface area contributed by atoms with Gasteiger partial charge in [0.25, 0.3) is 0 Å². The molecule has 4 rings (SSSR count). The molecule has 0 saturated carbocycles. The molecule has 1 atom stereocenters. The minimum Gasteiger partial charge on any atom is -0.493 e. The van der Waals surface area contributed by atoms with Gasteiger partial charge in [-0.05, 0) is 36.4 Å². The lowest BCUT2D eigenvalue weighted by molar-refractivity contribution is -0.117. The summed E-state index contributed by atoms with van der Waals surface area (Å²) in [7, 11) is 3.27. The molecule has 0 fully saturated rings. The van der Waals surface area contributed by atoms with Crippen LogP contribution in [0.2, 0.25) is 5.02 Å². The predicted octanol–water partition coefficient (Wildman–Crippen LogP) is 6.07. The summed E-state index contributed by atoms with van der Waals surface area (Å²) in [6.45, 7) is 6.46. The van der Waals surface area contributed by atoms with Crippen LogP contribution < -0.4 is 15.2 Å². The summed E-state index contributed by atoms with van der Waals surface area (Å²) in [5, 5.41) is 0.671. The summed E-state index contributed by atoms with van der Waals surface area (Å²) in [6, 6.07) is 15.8. The van der Waals surface area contributed by atoms with Crippen molar-refractivity contribution >= 4 is 17.5 Å². The maximum absolute atomic E-state index is 9.59. The van der Waals surface area contributed by atoms with Crippen LogP contribution in [-0.2, 0) is 16.1 Å². The third-order valence-corrected chi connectivity index (χ3v) is 5.06. The number of rotatable bonds is 4. The molecule has 6 nitrogen and oxygen atoms in total. The number of aromatic nitrogens is 1. The first-order valence-electron chi connectivity index (χ1n) is 11.0. The molecule has 33 heavy (non-hydrogen) atoms. The number of amides is 1. The largest absolute Gasteiger partial charge is 0.493 e. The van der Waals surface area contributed by atoms with E-state index < -0.39 is 0 Å². The minimum absolute atomic E-state index is 0.245. The van der Waals surface area contributed by atoms with Crippen molar-refractivity contribution in [3.63, 3.8) is 0 Å². The normalized spacial score (nSPS) is 13.7. The summed E-state index contributed by atoms with van der Waals surface area (Å²) in [5.41, 5.74) is 8.70. The van der Waals surface area contributed by atoms with E-state index in [2.05, 4.69) is 30.2 Å². The number of nitrogens with two attached hydrogens (primary N) is 1. The summed E-state index contributed by atoms with van der Waals surface area (Å²) in [5.74, 6) is 1.11. The molecule has 2 N–H and O–H groups in total. The van der Waals surface area contributed by atoms with Gasteiger partial charge >= 0.3 is 0 Å². The van der Waals surface area contributed by atoms with Gasteiger partial charge < -0.3 is 24.5 Å². The van der Waals surface area contributed by atoms with Crippen molar-refractivity contribution in [2.45, 2.75) is 46.3 Å². The molecule has 0 aliphatic carbocycles. The zero-order valence-corrected chi connectivity index (χ0v) is 20.7. The number of primary amides is 1. The van der Waals surface area contributed by atoms with Gasteiger partial charge in [-0.3, -0.25) is 4.79 Å². The van der Waals surface area contributed by atoms with Gasteiger partial charge in [0.2, 0.25) is 5.91 Å². The molecule has 0 radical (unpaired) electrons. The van der Waals surface area contributed by atoms with Crippen LogP contribution >= 0.6 is 11.6 Å². The van der Waals surface area contributed by atoms with E-state index in [0.29, 0.717) is 29.5 Å². The molecule has 1 amide bonds. The Labute approximate surface area is 201 Å². The van der Waals surface area contributed by atoms with Gasteiger partial charge in [0.05, 0.1) is 26.5 Å². The van der Waals surface area contributed by atoms with Crippen LogP contribution in [0, 0.1) is 0 Å². The number of ether oxygens (including phenoxy) is 3. The smallest absolute Gasteiger partial charge is 0.217 e. The zero-order chi connectivity index (χ0) is 24.4. The maximum atomic E-state index is 9.59. The molecule has 178 valence electrons. The third-order valence-electron chi connectivity index (χ3n) is 4.83. The highest BCUT2D eigenvalue weighted by atomic mass is 35.5. The standard InChI is InChI=1S/C20H18ClNO3.C3H7NO.C3H8/c1-23-18-7-3-6-15(20(18)24-2)19-16-11-13(21)8-9-17(16)22-10-4-5-14(22)12-25-19;1-2-3(4)5;1-3-2/h3-11,19H,12H2,1-2H3;2H2,1H3,(H2,4,5);3H2,1-2H3. The number of halogens is 1. The Morgan fingerprint density at radius 1 is 1.09 bits per heavy atom. The lowest BCUT2D eigenvalue weighted by atomic mass is 9.98. The third kappa shape index (κ3) is 6.53. The number of methoxy groups -OCH3 is 2. The number of para-hydroxylation sites is 1. The molecule has 1 aliphatic rings. The van der Waals surface area contributed by atoms with E-state index in [1.807, 2.05) is 48.7 Å². The van der Waals surface area contributed by atoms with Crippen molar-refractivity contribution in [3.05, 3.63) is 76.6 Å². The molecular weight excluding hydrogens is 440 g/mol. The topological polar surface area (TPSA) is 75.7 Å². The number of carbonyl (C=O) groups is 1. The fourth-order valence-corrected chi connectivity index (χ4v) is 3.54.